The van der Waals surface area contributed by atoms with E-state index < -0.39 is 8.32 Å². The Bertz CT molecular complexity index is 202. The van der Waals surface area contributed by atoms with Crippen molar-refractivity contribution in [3.63, 3.8) is 0 Å². The molecule has 13 heavy (non-hydrogen) atoms. The minimum absolute atomic E-state index is 0.465. The van der Waals surface area contributed by atoms with E-state index >= 15 is 0 Å². The van der Waals surface area contributed by atoms with Gasteiger partial charge in [-0.2, -0.15) is 5.26 Å². The largest absolute Gasteiger partial charge is 0.414 e. The van der Waals surface area contributed by atoms with E-state index in [2.05, 4.69) is 19.5 Å². The molecular weight excluding hydrogens is 178 g/mol. The molecule has 0 saturated carbocycles. The lowest BCUT2D eigenvalue weighted by Crippen LogP contribution is -2.41. The van der Waals surface area contributed by atoms with E-state index in [1.807, 2.05) is 0 Å². The SMILES string of the molecule is CC1CCC[Si](C)(CCCC#N)O1. The van der Waals surface area contributed by atoms with Gasteiger partial charge in [-0.1, -0.05) is 6.42 Å². The molecule has 2 unspecified atom stereocenters. The van der Waals surface area contributed by atoms with Crippen LogP contribution in [0, 0.1) is 11.3 Å². The van der Waals surface area contributed by atoms with Crippen molar-refractivity contribution in [3.8, 4) is 6.07 Å². The van der Waals surface area contributed by atoms with Gasteiger partial charge in [0.1, 0.15) is 0 Å². The van der Waals surface area contributed by atoms with E-state index in [1.54, 1.807) is 0 Å². The summed E-state index contributed by atoms with van der Waals surface area (Å²) in [4.78, 5) is 0. The third-order valence-corrected chi connectivity index (χ3v) is 6.59. The molecule has 1 saturated heterocycles. The first-order chi connectivity index (χ1) is 6.16. The van der Waals surface area contributed by atoms with Crippen molar-refractivity contribution in [1.29, 1.82) is 5.26 Å². The zero-order valence-electron chi connectivity index (χ0n) is 8.68. The minimum atomic E-state index is -1.39. The maximum atomic E-state index is 8.46. The van der Waals surface area contributed by atoms with Crippen molar-refractivity contribution in [2.75, 3.05) is 0 Å². The van der Waals surface area contributed by atoms with Crippen LogP contribution < -0.4 is 0 Å². The monoisotopic (exact) mass is 197 g/mol. The first-order valence-corrected chi connectivity index (χ1v) is 8.03. The Balaban J connectivity index is 2.32. The molecule has 0 aromatic rings. The Kier molecular flexibility index (Phi) is 3.95. The Labute approximate surface area is 82.0 Å². The van der Waals surface area contributed by atoms with E-state index in [1.165, 1.54) is 24.9 Å². The maximum Gasteiger partial charge on any atom is 0.190 e. The summed E-state index contributed by atoms with van der Waals surface area (Å²) in [5, 5.41) is 8.46. The molecule has 74 valence electrons. The molecule has 0 spiro atoms. The molecule has 2 atom stereocenters. The average molecular weight is 197 g/mol. The number of hydrogen-bond donors (Lipinski definition) is 0. The fraction of sp³-hybridized carbons (Fsp3) is 0.900. The van der Waals surface area contributed by atoms with E-state index in [9.17, 15) is 0 Å². The summed E-state index contributed by atoms with van der Waals surface area (Å²) >= 11 is 0. The van der Waals surface area contributed by atoms with Crippen LogP contribution in [0.3, 0.4) is 0 Å². The van der Waals surface area contributed by atoms with E-state index in [0.29, 0.717) is 12.5 Å². The molecule has 0 aliphatic carbocycles. The molecule has 0 aromatic heterocycles. The summed E-state index contributed by atoms with van der Waals surface area (Å²) in [6.07, 6.45) is 4.75. The molecule has 0 amide bonds. The van der Waals surface area contributed by atoms with Gasteiger partial charge >= 0.3 is 0 Å². The second-order valence-corrected chi connectivity index (χ2v) is 8.42. The van der Waals surface area contributed by atoms with Crippen LogP contribution in [0.4, 0.5) is 0 Å². The van der Waals surface area contributed by atoms with Gasteiger partial charge in [-0.05, 0) is 38.4 Å². The van der Waals surface area contributed by atoms with E-state index in [-0.39, 0.29) is 0 Å². The van der Waals surface area contributed by atoms with Gasteiger partial charge in [-0.15, -0.1) is 0 Å². The highest BCUT2D eigenvalue weighted by Crippen LogP contribution is 2.30. The van der Waals surface area contributed by atoms with Gasteiger partial charge in [0.25, 0.3) is 0 Å². The quantitative estimate of drug-likeness (QED) is 0.514. The van der Waals surface area contributed by atoms with Crippen LogP contribution in [0.25, 0.3) is 0 Å². The Hall–Kier alpha value is -0.333. The van der Waals surface area contributed by atoms with E-state index in [0.717, 1.165) is 6.42 Å². The van der Waals surface area contributed by atoms with Gasteiger partial charge in [-0.3, -0.25) is 0 Å². The zero-order chi connectivity index (χ0) is 9.73. The third-order valence-electron chi connectivity index (χ3n) is 2.80. The number of nitrogens with zero attached hydrogens (tertiary/aromatic N) is 1. The van der Waals surface area contributed by atoms with Crippen LogP contribution in [0.5, 0.6) is 0 Å². The molecule has 2 nitrogen and oxygen atoms in total. The number of hydrogen-bond acceptors (Lipinski definition) is 2. The fourth-order valence-corrected chi connectivity index (χ4v) is 5.54. The Morgan fingerprint density at radius 1 is 1.62 bits per heavy atom. The first-order valence-electron chi connectivity index (χ1n) is 5.21. The molecule has 1 fully saturated rings. The standard InChI is InChI=1S/C10H19NOSi/c1-10-6-5-9-13(2,12-10)8-4-3-7-11/h10H,3-6,8-9H2,1-2H3. The van der Waals surface area contributed by atoms with Crippen molar-refractivity contribution in [3.05, 3.63) is 0 Å². The summed E-state index contributed by atoms with van der Waals surface area (Å²) in [5.74, 6) is 0. The predicted molar refractivity (Wildman–Crippen MR) is 55.9 cm³/mol. The van der Waals surface area contributed by atoms with Crippen LogP contribution in [0.15, 0.2) is 0 Å². The Morgan fingerprint density at radius 3 is 3.00 bits per heavy atom. The smallest absolute Gasteiger partial charge is 0.190 e. The number of nitriles is 1. The van der Waals surface area contributed by atoms with Gasteiger partial charge in [-0.25, -0.2) is 0 Å². The highest BCUT2D eigenvalue weighted by atomic mass is 28.4. The highest BCUT2D eigenvalue weighted by molar-refractivity contribution is 6.72. The summed E-state index contributed by atoms with van der Waals surface area (Å²) in [7, 11) is -1.39. The molecule has 1 heterocycles. The normalized spacial score (nSPS) is 34.1. The molecule has 0 N–H and O–H groups in total. The number of rotatable bonds is 3. The summed E-state index contributed by atoms with van der Waals surface area (Å²) in [5.41, 5.74) is 0. The zero-order valence-corrected chi connectivity index (χ0v) is 9.68. The van der Waals surface area contributed by atoms with Crippen molar-refractivity contribution < 1.29 is 4.43 Å². The van der Waals surface area contributed by atoms with Gasteiger partial charge < -0.3 is 4.43 Å². The van der Waals surface area contributed by atoms with Crippen LogP contribution in [-0.2, 0) is 4.43 Å². The van der Waals surface area contributed by atoms with Crippen molar-refractivity contribution in [2.45, 2.75) is 57.3 Å². The van der Waals surface area contributed by atoms with E-state index in [4.69, 9.17) is 9.69 Å². The van der Waals surface area contributed by atoms with Gasteiger partial charge in [0, 0.05) is 12.5 Å². The summed E-state index contributed by atoms with van der Waals surface area (Å²) in [6.45, 7) is 4.49. The molecule has 1 rings (SSSR count). The lowest BCUT2D eigenvalue weighted by Gasteiger charge is -2.35. The molecule has 1 aliphatic rings. The fourth-order valence-electron chi connectivity index (χ4n) is 2.09. The third kappa shape index (κ3) is 3.49. The Morgan fingerprint density at radius 2 is 2.38 bits per heavy atom. The van der Waals surface area contributed by atoms with Crippen LogP contribution in [0.1, 0.15) is 32.6 Å². The molecule has 1 aliphatic heterocycles. The van der Waals surface area contributed by atoms with Gasteiger partial charge in [0.05, 0.1) is 6.07 Å². The lowest BCUT2D eigenvalue weighted by atomic mass is 10.2. The maximum absolute atomic E-state index is 8.46. The topological polar surface area (TPSA) is 33.0 Å². The van der Waals surface area contributed by atoms with Crippen molar-refractivity contribution in [1.82, 2.24) is 0 Å². The van der Waals surface area contributed by atoms with Crippen LogP contribution in [0.2, 0.25) is 18.6 Å². The second kappa shape index (κ2) is 4.78. The lowest BCUT2D eigenvalue weighted by molar-refractivity contribution is 0.175. The van der Waals surface area contributed by atoms with Crippen LogP contribution >= 0.6 is 0 Å². The van der Waals surface area contributed by atoms with Crippen molar-refractivity contribution >= 4 is 8.32 Å². The predicted octanol–water partition coefficient (Wildman–Crippen LogP) is 3.06. The summed E-state index contributed by atoms with van der Waals surface area (Å²) in [6, 6.07) is 4.67. The molecule has 0 bridgehead atoms. The minimum Gasteiger partial charge on any atom is -0.414 e. The van der Waals surface area contributed by atoms with Gasteiger partial charge in [0.2, 0.25) is 0 Å². The van der Waals surface area contributed by atoms with Crippen LogP contribution in [-0.4, -0.2) is 14.4 Å². The second-order valence-electron chi connectivity index (χ2n) is 4.28. The molecule has 0 aromatic carbocycles. The molecular formula is C10H19NOSi. The summed E-state index contributed by atoms with van der Waals surface area (Å²) < 4.78 is 6.05. The van der Waals surface area contributed by atoms with Crippen molar-refractivity contribution in [2.24, 2.45) is 0 Å². The number of unbranched alkanes of at least 4 members (excludes halogenated alkanes) is 1. The first kappa shape index (κ1) is 10.7. The molecule has 3 heteroatoms. The van der Waals surface area contributed by atoms with Gasteiger partial charge in [0.15, 0.2) is 8.32 Å². The molecule has 0 radical (unpaired) electrons. The average Bonchev–Trinajstić information content (AvgIpc) is 2.04. The highest BCUT2D eigenvalue weighted by Gasteiger charge is 2.33.